The molecule has 4 amide bonds. The molecule has 1 saturated heterocycles. The van der Waals surface area contributed by atoms with Gasteiger partial charge in [0.1, 0.15) is 26.9 Å². The monoisotopic (exact) mass is 204 g/mol. The molecule has 14 heavy (non-hydrogen) atoms. The summed E-state index contributed by atoms with van der Waals surface area (Å²) in [5.41, 5.74) is 0. The second kappa shape index (κ2) is 6.00. The Kier molecular flexibility index (Phi) is 4.51. The smallest absolute Gasteiger partial charge is 0.318 e. The van der Waals surface area contributed by atoms with Gasteiger partial charge in [0.25, 0.3) is 0 Å². The quantitative estimate of drug-likeness (QED) is 0.384. The molecular weight excluding hydrogens is 192 g/mol. The van der Waals surface area contributed by atoms with E-state index in [1.165, 1.54) is 0 Å². The number of rotatable bonds is 0. The Labute approximate surface area is 80.3 Å². The molecule has 4 N–H and O–H groups in total. The molecule has 0 unspecified atom stereocenters. The number of carbonyl (C=O) groups excluding carboxylic acids is 2. The molecule has 0 atom stereocenters. The Morgan fingerprint density at radius 2 is 1.00 bits per heavy atom. The Morgan fingerprint density at radius 1 is 0.714 bits per heavy atom. The Hall–Kier alpha value is -1.54. The van der Waals surface area contributed by atoms with Gasteiger partial charge in [-0.25, -0.2) is 9.59 Å². The molecule has 0 saturated carbocycles. The molecule has 1 fully saturated rings. The number of hydrogen-bond donors (Lipinski definition) is 4. The minimum atomic E-state index is -0.392. The number of nitrogens with one attached hydrogen (secondary N) is 4. The van der Waals surface area contributed by atoms with Gasteiger partial charge in [0.15, 0.2) is 0 Å². The van der Waals surface area contributed by atoms with Crippen LogP contribution >= 0.6 is 0 Å². The third-order valence-electron chi connectivity index (χ3n) is 1.34. The van der Waals surface area contributed by atoms with Crippen LogP contribution in [0.2, 0.25) is 0 Å². The van der Waals surface area contributed by atoms with E-state index in [4.69, 9.17) is 9.47 Å². The maximum absolute atomic E-state index is 10.9. The number of ether oxygens (including phenoxy) is 2. The molecule has 8 heteroatoms. The Bertz CT molecular complexity index is 172. The van der Waals surface area contributed by atoms with E-state index >= 15 is 0 Å². The summed E-state index contributed by atoms with van der Waals surface area (Å²) in [6.45, 7) is 0.0798. The van der Waals surface area contributed by atoms with Crippen LogP contribution in [0.5, 0.6) is 0 Å². The van der Waals surface area contributed by atoms with E-state index < -0.39 is 12.1 Å². The van der Waals surface area contributed by atoms with E-state index in [0.29, 0.717) is 0 Å². The maximum atomic E-state index is 10.9. The molecule has 1 aliphatic rings. The Morgan fingerprint density at radius 3 is 1.29 bits per heavy atom. The molecule has 0 spiro atoms. The molecule has 1 heterocycles. The fraction of sp³-hybridized carbons (Fsp3) is 0.667. The molecule has 8 nitrogen and oxygen atoms in total. The van der Waals surface area contributed by atoms with Gasteiger partial charge < -0.3 is 30.7 Å². The first-order valence-corrected chi connectivity index (χ1v) is 3.98. The van der Waals surface area contributed by atoms with Crippen molar-refractivity contribution in [3.05, 3.63) is 0 Å². The van der Waals surface area contributed by atoms with Crippen molar-refractivity contribution < 1.29 is 19.1 Å². The lowest BCUT2D eigenvalue weighted by atomic mass is 10.8. The molecule has 0 aliphatic carbocycles. The van der Waals surface area contributed by atoms with Gasteiger partial charge in [-0.1, -0.05) is 0 Å². The zero-order valence-electron chi connectivity index (χ0n) is 7.46. The van der Waals surface area contributed by atoms with E-state index in [2.05, 4.69) is 21.3 Å². The zero-order chi connectivity index (χ0) is 10.2. The third kappa shape index (κ3) is 4.48. The highest BCUT2D eigenvalue weighted by molar-refractivity contribution is 5.74. The first-order chi connectivity index (χ1) is 6.79. The SMILES string of the molecule is O=C1NCOCNC(=O)NCOCN1. The highest BCUT2D eigenvalue weighted by atomic mass is 16.5. The van der Waals surface area contributed by atoms with Crippen molar-refractivity contribution in [1.82, 2.24) is 21.3 Å². The van der Waals surface area contributed by atoms with Gasteiger partial charge >= 0.3 is 12.1 Å². The lowest BCUT2D eigenvalue weighted by Gasteiger charge is -2.12. The fourth-order valence-corrected chi connectivity index (χ4v) is 0.693. The zero-order valence-corrected chi connectivity index (χ0v) is 7.46. The van der Waals surface area contributed by atoms with Gasteiger partial charge in [0, 0.05) is 0 Å². The van der Waals surface area contributed by atoms with E-state index in [0.717, 1.165) is 0 Å². The fourth-order valence-electron chi connectivity index (χ4n) is 0.693. The average molecular weight is 204 g/mol. The summed E-state index contributed by atoms with van der Waals surface area (Å²) in [6.07, 6.45) is 0. The standard InChI is InChI=1S/C6H12N4O4/c11-5-7-1-13-2-8-6(12)10-4-14-3-9-5/h1-4H2,(H2,7,9,11)(H2,8,10,12). The second-order valence-electron chi connectivity index (χ2n) is 2.35. The maximum Gasteiger partial charge on any atom is 0.318 e. The molecule has 1 rings (SSSR count). The van der Waals surface area contributed by atoms with Crippen LogP contribution < -0.4 is 21.3 Å². The summed E-state index contributed by atoms with van der Waals surface area (Å²) in [4.78, 5) is 21.7. The molecular formula is C6H12N4O4. The van der Waals surface area contributed by atoms with Crippen LogP contribution in [0, 0.1) is 0 Å². The molecule has 0 aromatic carbocycles. The number of urea groups is 2. The van der Waals surface area contributed by atoms with Gasteiger partial charge in [-0.3, -0.25) is 0 Å². The molecule has 0 radical (unpaired) electrons. The number of carbonyl (C=O) groups is 2. The number of amides is 4. The van der Waals surface area contributed by atoms with Gasteiger partial charge in [-0.05, 0) is 0 Å². The number of hydrogen-bond acceptors (Lipinski definition) is 4. The normalized spacial score (nSPS) is 20.3. The molecule has 1 aliphatic heterocycles. The van der Waals surface area contributed by atoms with Crippen molar-refractivity contribution in [3.8, 4) is 0 Å². The van der Waals surface area contributed by atoms with Crippen LogP contribution in [0.15, 0.2) is 0 Å². The minimum Gasteiger partial charge on any atom is -0.341 e. The van der Waals surface area contributed by atoms with E-state index in [1.807, 2.05) is 0 Å². The van der Waals surface area contributed by atoms with Crippen LogP contribution in [-0.4, -0.2) is 39.0 Å². The average Bonchev–Trinajstić information content (AvgIpc) is 2.14. The van der Waals surface area contributed by atoms with Crippen LogP contribution in [0.1, 0.15) is 0 Å². The van der Waals surface area contributed by atoms with Gasteiger partial charge in [-0.15, -0.1) is 0 Å². The summed E-state index contributed by atoms with van der Waals surface area (Å²) >= 11 is 0. The van der Waals surface area contributed by atoms with E-state index in [9.17, 15) is 9.59 Å². The first kappa shape index (κ1) is 10.5. The van der Waals surface area contributed by atoms with Crippen molar-refractivity contribution in [2.75, 3.05) is 26.9 Å². The van der Waals surface area contributed by atoms with Crippen molar-refractivity contribution in [3.63, 3.8) is 0 Å². The minimum absolute atomic E-state index is 0.0200. The Balaban J connectivity index is 2.26. The van der Waals surface area contributed by atoms with E-state index in [-0.39, 0.29) is 26.9 Å². The van der Waals surface area contributed by atoms with Gasteiger partial charge in [0.2, 0.25) is 0 Å². The molecule has 0 bridgehead atoms. The summed E-state index contributed by atoms with van der Waals surface area (Å²) in [7, 11) is 0. The van der Waals surface area contributed by atoms with Crippen molar-refractivity contribution in [2.45, 2.75) is 0 Å². The van der Waals surface area contributed by atoms with Crippen molar-refractivity contribution in [2.24, 2.45) is 0 Å². The molecule has 0 aromatic heterocycles. The molecule has 80 valence electrons. The predicted octanol–water partition coefficient (Wildman–Crippen LogP) is -1.54. The lowest BCUT2D eigenvalue weighted by molar-refractivity contribution is 0.0843. The first-order valence-electron chi connectivity index (χ1n) is 3.98. The van der Waals surface area contributed by atoms with Crippen molar-refractivity contribution >= 4 is 12.1 Å². The van der Waals surface area contributed by atoms with E-state index in [1.54, 1.807) is 0 Å². The van der Waals surface area contributed by atoms with Gasteiger partial charge in [0.05, 0.1) is 0 Å². The second-order valence-corrected chi connectivity index (χ2v) is 2.35. The summed E-state index contributed by atoms with van der Waals surface area (Å²) in [6, 6.07) is -0.784. The lowest BCUT2D eigenvalue weighted by Crippen LogP contribution is -2.44. The van der Waals surface area contributed by atoms with Crippen LogP contribution in [0.4, 0.5) is 9.59 Å². The predicted molar refractivity (Wildman–Crippen MR) is 45.0 cm³/mol. The largest absolute Gasteiger partial charge is 0.341 e. The summed E-state index contributed by atoms with van der Waals surface area (Å²) in [5, 5.41) is 9.57. The highest BCUT2D eigenvalue weighted by Gasteiger charge is 2.02. The van der Waals surface area contributed by atoms with Crippen LogP contribution in [-0.2, 0) is 9.47 Å². The summed E-state index contributed by atoms with van der Waals surface area (Å²) < 4.78 is 9.73. The third-order valence-corrected chi connectivity index (χ3v) is 1.34. The van der Waals surface area contributed by atoms with Crippen molar-refractivity contribution in [1.29, 1.82) is 0 Å². The van der Waals surface area contributed by atoms with Crippen LogP contribution in [0.3, 0.4) is 0 Å². The topological polar surface area (TPSA) is 101 Å². The molecule has 0 aromatic rings. The highest BCUT2D eigenvalue weighted by Crippen LogP contribution is 1.75. The summed E-state index contributed by atoms with van der Waals surface area (Å²) in [5.74, 6) is 0. The van der Waals surface area contributed by atoms with Gasteiger partial charge in [-0.2, -0.15) is 0 Å². The van der Waals surface area contributed by atoms with Crippen LogP contribution in [0.25, 0.3) is 0 Å².